The van der Waals surface area contributed by atoms with Crippen LogP contribution in [0.1, 0.15) is 38.3 Å². The number of hydrogen-bond donors (Lipinski definition) is 1. The molecule has 20 heavy (non-hydrogen) atoms. The number of nitrogens with two attached hydrogens (primary N) is 1. The third kappa shape index (κ3) is 3.49. The van der Waals surface area contributed by atoms with Crippen molar-refractivity contribution in [1.29, 1.82) is 0 Å². The fourth-order valence-corrected chi connectivity index (χ4v) is 2.61. The highest BCUT2D eigenvalue weighted by Gasteiger charge is 2.33. The molecule has 112 valence electrons. The Kier molecular flexibility index (Phi) is 5.00. The predicted octanol–water partition coefficient (Wildman–Crippen LogP) is 3.10. The number of halogens is 1. The Morgan fingerprint density at radius 3 is 2.60 bits per heavy atom. The topological polar surface area (TPSA) is 38.5 Å². The molecule has 2 rings (SSSR count). The molecule has 0 bridgehead atoms. The van der Waals surface area contributed by atoms with Gasteiger partial charge in [-0.15, -0.1) is 0 Å². The average Bonchev–Trinajstić information content (AvgIpc) is 3.24. The summed E-state index contributed by atoms with van der Waals surface area (Å²) in [5.74, 6) is 0.489. The summed E-state index contributed by atoms with van der Waals surface area (Å²) < 4.78 is 19.6. The molecule has 1 aromatic rings. The zero-order valence-corrected chi connectivity index (χ0v) is 12.6. The van der Waals surface area contributed by atoms with Crippen molar-refractivity contribution in [2.24, 2.45) is 11.7 Å². The molecule has 1 aromatic carbocycles. The summed E-state index contributed by atoms with van der Waals surface area (Å²) in [6, 6.07) is 5.53. The monoisotopic (exact) mass is 280 g/mol. The van der Waals surface area contributed by atoms with Gasteiger partial charge >= 0.3 is 0 Å². The largest absolute Gasteiger partial charge is 0.383 e. The van der Waals surface area contributed by atoms with Crippen molar-refractivity contribution in [2.75, 3.05) is 25.2 Å². The van der Waals surface area contributed by atoms with Crippen LogP contribution in [0.4, 0.5) is 10.1 Å². The molecule has 4 heteroatoms. The number of nitrogens with zero attached hydrogens (tertiary/aromatic N) is 1. The summed E-state index contributed by atoms with van der Waals surface area (Å²) >= 11 is 0. The normalized spacial score (nSPS) is 17.9. The van der Waals surface area contributed by atoms with E-state index in [1.807, 2.05) is 19.1 Å². The van der Waals surface area contributed by atoms with E-state index in [1.165, 1.54) is 12.8 Å². The third-order valence-corrected chi connectivity index (χ3v) is 4.14. The third-order valence-electron chi connectivity index (χ3n) is 4.14. The summed E-state index contributed by atoms with van der Waals surface area (Å²) in [5, 5.41) is 0. The second-order valence-electron chi connectivity index (χ2n) is 5.76. The molecule has 0 amide bonds. The molecule has 1 fully saturated rings. The molecule has 1 aliphatic carbocycles. The van der Waals surface area contributed by atoms with Gasteiger partial charge in [0.05, 0.1) is 12.3 Å². The quantitative estimate of drug-likeness (QED) is 0.834. The van der Waals surface area contributed by atoms with Gasteiger partial charge in [0.15, 0.2) is 0 Å². The Morgan fingerprint density at radius 1 is 1.40 bits per heavy atom. The highest BCUT2D eigenvalue weighted by Crippen LogP contribution is 2.37. The molecular formula is C16H25FN2O. The Bertz CT molecular complexity index is 446. The number of benzene rings is 1. The SMILES string of the molecule is COCCN(c1ccc(C(C)N)cc1F)C(C)C1CC1. The van der Waals surface area contributed by atoms with Crippen LogP contribution in [-0.2, 0) is 4.74 Å². The van der Waals surface area contributed by atoms with E-state index in [-0.39, 0.29) is 11.9 Å². The summed E-state index contributed by atoms with van der Waals surface area (Å²) in [7, 11) is 1.68. The Labute approximate surface area is 120 Å². The van der Waals surface area contributed by atoms with E-state index in [9.17, 15) is 4.39 Å². The molecule has 2 unspecified atom stereocenters. The second-order valence-corrected chi connectivity index (χ2v) is 5.76. The first-order valence-electron chi connectivity index (χ1n) is 7.35. The van der Waals surface area contributed by atoms with Crippen molar-refractivity contribution in [2.45, 2.75) is 38.8 Å². The van der Waals surface area contributed by atoms with Gasteiger partial charge in [-0.3, -0.25) is 0 Å². The van der Waals surface area contributed by atoms with Crippen molar-refractivity contribution < 1.29 is 9.13 Å². The number of methoxy groups -OCH3 is 1. The molecule has 0 radical (unpaired) electrons. The molecule has 2 atom stereocenters. The van der Waals surface area contributed by atoms with E-state index < -0.39 is 0 Å². The Morgan fingerprint density at radius 2 is 2.10 bits per heavy atom. The minimum absolute atomic E-state index is 0.146. The summed E-state index contributed by atoms with van der Waals surface area (Å²) in [5.41, 5.74) is 7.30. The maximum Gasteiger partial charge on any atom is 0.146 e. The van der Waals surface area contributed by atoms with Crippen LogP contribution in [0.5, 0.6) is 0 Å². The van der Waals surface area contributed by atoms with Gasteiger partial charge in [-0.25, -0.2) is 4.39 Å². The smallest absolute Gasteiger partial charge is 0.146 e. The van der Waals surface area contributed by atoms with Gasteiger partial charge in [-0.2, -0.15) is 0 Å². The fraction of sp³-hybridized carbons (Fsp3) is 0.625. The molecule has 0 spiro atoms. The number of anilines is 1. The molecule has 2 N–H and O–H groups in total. The van der Waals surface area contributed by atoms with E-state index >= 15 is 0 Å². The van der Waals surface area contributed by atoms with Crippen molar-refractivity contribution in [3.8, 4) is 0 Å². The van der Waals surface area contributed by atoms with E-state index in [4.69, 9.17) is 10.5 Å². The molecule has 0 saturated heterocycles. The lowest BCUT2D eigenvalue weighted by molar-refractivity contribution is 0.202. The van der Waals surface area contributed by atoms with Crippen molar-refractivity contribution in [3.63, 3.8) is 0 Å². The van der Waals surface area contributed by atoms with Crippen LogP contribution in [0.2, 0.25) is 0 Å². The number of ether oxygens (including phenoxy) is 1. The lowest BCUT2D eigenvalue weighted by Crippen LogP contribution is -2.38. The Balaban J connectivity index is 2.22. The van der Waals surface area contributed by atoms with Gasteiger partial charge in [0.25, 0.3) is 0 Å². The van der Waals surface area contributed by atoms with Crippen LogP contribution in [0.15, 0.2) is 18.2 Å². The van der Waals surface area contributed by atoms with Gasteiger partial charge in [-0.1, -0.05) is 6.07 Å². The van der Waals surface area contributed by atoms with Crippen LogP contribution < -0.4 is 10.6 Å². The second kappa shape index (κ2) is 6.55. The average molecular weight is 280 g/mol. The zero-order valence-electron chi connectivity index (χ0n) is 12.6. The molecule has 1 aliphatic rings. The van der Waals surface area contributed by atoms with E-state index in [0.717, 1.165) is 5.56 Å². The van der Waals surface area contributed by atoms with Gasteiger partial charge in [0.2, 0.25) is 0 Å². The Hall–Kier alpha value is -1.13. The first-order chi connectivity index (χ1) is 9.54. The van der Waals surface area contributed by atoms with E-state index in [2.05, 4.69) is 11.8 Å². The molecule has 3 nitrogen and oxygen atoms in total. The predicted molar refractivity (Wildman–Crippen MR) is 80.4 cm³/mol. The first-order valence-corrected chi connectivity index (χ1v) is 7.35. The number of rotatable bonds is 7. The summed E-state index contributed by atoms with van der Waals surface area (Å²) in [4.78, 5) is 2.13. The standard InChI is InChI=1S/C16H25FN2O/c1-11(18)14-6-7-16(15(17)10-14)19(8-9-20-3)12(2)13-4-5-13/h6-7,10-13H,4-5,8-9,18H2,1-3H3. The van der Waals surface area contributed by atoms with Crippen LogP contribution >= 0.6 is 0 Å². The van der Waals surface area contributed by atoms with Crippen LogP contribution in [0.25, 0.3) is 0 Å². The molecule has 0 aromatic heterocycles. The molecule has 1 saturated carbocycles. The van der Waals surface area contributed by atoms with E-state index in [0.29, 0.717) is 30.8 Å². The fourth-order valence-electron chi connectivity index (χ4n) is 2.61. The van der Waals surface area contributed by atoms with Crippen LogP contribution in [0.3, 0.4) is 0 Å². The highest BCUT2D eigenvalue weighted by atomic mass is 19.1. The lowest BCUT2D eigenvalue weighted by Gasteiger charge is -2.32. The summed E-state index contributed by atoms with van der Waals surface area (Å²) in [6.45, 7) is 5.35. The van der Waals surface area contributed by atoms with Gasteiger partial charge < -0.3 is 15.4 Å². The lowest BCUT2D eigenvalue weighted by atomic mass is 10.1. The molecular weight excluding hydrogens is 255 g/mol. The van der Waals surface area contributed by atoms with Crippen molar-refractivity contribution in [3.05, 3.63) is 29.6 Å². The van der Waals surface area contributed by atoms with Gasteiger partial charge in [-0.05, 0) is 50.3 Å². The first kappa shape index (κ1) is 15.3. The van der Waals surface area contributed by atoms with Crippen LogP contribution in [0, 0.1) is 11.7 Å². The zero-order chi connectivity index (χ0) is 14.7. The molecule has 0 heterocycles. The van der Waals surface area contributed by atoms with Gasteiger partial charge in [0, 0.05) is 25.7 Å². The van der Waals surface area contributed by atoms with E-state index in [1.54, 1.807) is 13.2 Å². The minimum Gasteiger partial charge on any atom is -0.383 e. The number of hydrogen-bond acceptors (Lipinski definition) is 3. The highest BCUT2D eigenvalue weighted by molar-refractivity contribution is 5.50. The van der Waals surface area contributed by atoms with Crippen molar-refractivity contribution >= 4 is 5.69 Å². The van der Waals surface area contributed by atoms with Crippen LogP contribution in [-0.4, -0.2) is 26.3 Å². The maximum atomic E-state index is 14.4. The minimum atomic E-state index is -0.191. The van der Waals surface area contributed by atoms with Gasteiger partial charge in [0.1, 0.15) is 5.82 Å². The summed E-state index contributed by atoms with van der Waals surface area (Å²) in [6.07, 6.45) is 2.48. The van der Waals surface area contributed by atoms with Crippen molar-refractivity contribution in [1.82, 2.24) is 0 Å². The molecule has 0 aliphatic heterocycles. The maximum absolute atomic E-state index is 14.4.